The molecule has 0 saturated carbocycles. The molecule has 0 unspecified atom stereocenters. The maximum absolute atomic E-state index is 4.29. The van der Waals surface area contributed by atoms with Gasteiger partial charge in [-0.2, -0.15) is 0 Å². The maximum Gasteiger partial charge on any atom is 0.137 e. The van der Waals surface area contributed by atoms with E-state index < -0.39 is 0 Å². The molecular formula is C12H14BrN3. The van der Waals surface area contributed by atoms with Gasteiger partial charge in [0.15, 0.2) is 0 Å². The first-order valence-electron chi connectivity index (χ1n) is 5.14. The number of fused-ring (bicyclic) bond motifs is 1. The Kier molecular flexibility index (Phi) is 2.84. The third-order valence-electron chi connectivity index (χ3n) is 2.09. The van der Waals surface area contributed by atoms with Crippen LogP contribution in [0.3, 0.4) is 0 Å². The molecule has 0 aliphatic carbocycles. The van der Waals surface area contributed by atoms with Crippen LogP contribution in [0.15, 0.2) is 29.0 Å². The number of aromatic nitrogens is 2. The first-order valence-corrected chi connectivity index (χ1v) is 5.93. The topological polar surface area (TPSA) is 37.8 Å². The van der Waals surface area contributed by atoms with Crippen molar-refractivity contribution in [3.8, 4) is 0 Å². The number of hydrogen-bond donors (Lipinski definition) is 1. The van der Waals surface area contributed by atoms with Crippen molar-refractivity contribution in [2.24, 2.45) is 0 Å². The van der Waals surface area contributed by atoms with Gasteiger partial charge in [-0.1, -0.05) is 15.9 Å². The molecule has 2 aromatic rings. The van der Waals surface area contributed by atoms with E-state index in [0.717, 1.165) is 21.2 Å². The van der Waals surface area contributed by atoms with Crippen LogP contribution in [0.25, 0.3) is 10.9 Å². The van der Waals surface area contributed by atoms with Gasteiger partial charge in [0.1, 0.15) is 12.1 Å². The summed E-state index contributed by atoms with van der Waals surface area (Å²) in [6, 6.07) is 5.99. The first-order chi connectivity index (χ1) is 7.46. The molecule has 0 fully saturated rings. The molecule has 3 nitrogen and oxygen atoms in total. The Labute approximate surface area is 103 Å². The molecule has 16 heavy (non-hydrogen) atoms. The second kappa shape index (κ2) is 4.01. The van der Waals surface area contributed by atoms with Crippen LogP contribution < -0.4 is 5.32 Å². The molecule has 0 aliphatic rings. The van der Waals surface area contributed by atoms with Gasteiger partial charge in [0, 0.05) is 15.4 Å². The van der Waals surface area contributed by atoms with Crippen molar-refractivity contribution in [1.82, 2.24) is 9.97 Å². The summed E-state index contributed by atoms with van der Waals surface area (Å²) < 4.78 is 1.03. The van der Waals surface area contributed by atoms with Crippen LogP contribution in [0.4, 0.5) is 5.82 Å². The first kappa shape index (κ1) is 11.3. The third kappa shape index (κ3) is 2.50. The van der Waals surface area contributed by atoms with Crippen molar-refractivity contribution in [3.63, 3.8) is 0 Å². The summed E-state index contributed by atoms with van der Waals surface area (Å²) in [4.78, 5) is 8.53. The molecule has 1 aromatic carbocycles. The van der Waals surface area contributed by atoms with E-state index in [1.165, 1.54) is 0 Å². The van der Waals surface area contributed by atoms with E-state index >= 15 is 0 Å². The smallest absolute Gasteiger partial charge is 0.137 e. The summed E-state index contributed by atoms with van der Waals surface area (Å²) in [5.41, 5.74) is 0.939. The second-order valence-electron chi connectivity index (χ2n) is 4.76. The maximum atomic E-state index is 4.29. The zero-order chi connectivity index (χ0) is 11.8. The van der Waals surface area contributed by atoms with Crippen molar-refractivity contribution in [2.75, 3.05) is 5.32 Å². The van der Waals surface area contributed by atoms with Crippen LogP contribution in [0, 0.1) is 0 Å². The Balaban J connectivity index is 2.56. The van der Waals surface area contributed by atoms with Gasteiger partial charge in [-0.15, -0.1) is 0 Å². The number of halogens is 1. The minimum absolute atomic E-state index is 0.0103. The van der Waals surface area contributed by atoms with Crippen molar-refractivity contribution in [1.29, 1.82) is 0 Å². The molecule has 0 radical (unpaired) electrons. The highest BCUT2D eigenvalue weighted by Crippen LogP contribution is 2.25. The van der Waals surface area contributed by atoms with Crippen LogP contribution in [0.2, 0.25) is 0 Å². The number of anilines is 1. The van der Waals surface area contributed by atoms with Gasteiger partial charge in [0.05, 0.1) is 5.52 Å². The molecular weight excluding hydrogens is 266 g/mol. The van der Waals surface area contributed by atoms with Crippen molar-refractivity contribution < 1.29 is 0 Å². The largest absolute Gasteiger partial charge is 0.365 e. The lowest BCUT2D eigenvalue weighted by molar-refractivity contribution is 0.631. The lowest BCUT2D eigenvalue weighted by Crippen LogP contribution is -2.26. The molecule has 0 saturated heterocycles. The van der Waals surface area contributed by atoms with Crippen LogP contribution >= 0.6 is 15.9 Å². The van der Waals surface area contributed by atoms with E-state index in [9.17, 15) is 0 Å². The lowest BCUT2D eigenvalue weighted by atomic mass is 10.1. The minimum Gasteiger partial charge on any atom is -0.365 e. The molecule has 0 aliphatic heterocycles. The van der Waals surface area contributed by atoms with E-state index in [1.807, 2.05) is 18.2 Å². The molecule has 1 aromatic heterocycles. The summed E-state index contributed by atoms with van der Waals surface area (Å²) in [6.45, 7) is 6.33. The zero-order valence-electron chi connectivity index (χ0n) is 9.58. The Bertz CT molecular complexity index is 517. The molecule has 84 valence electrons. The molecule has 0 bridgehead atoms. The highest BCUT2D eigenvalue weighted by molar-refractivity contribution is 9.10. The predicted octanol–water partition coefficient (Wildman–Crippen LogP) is 3.60. The zero-order valence-corrected chi connectivity index (χ0v) is 11.2. The van der Waals surface area contributed by atoms with Crippen LogP contribution in [-0.2, 0) is 0 Å². The fourth-order valence-corrected chi connectivity index (χ4v) is 1.84. The molecule has 0 atom stereocenters. The summed E-state index contributed by atoms with van der Waals surface area (Å²) in [6.07, 6.45) is 1.59. The van der Waals surface area contributed by atoms with E-state index in [-0.39, 0.29) is 5.54 Å². The van der Waals surface area contributed by atoms with Crippen molar-refractivity contribution >= 4 is 32.7 Å². The van der Waals surface area contributed by atoms with E-state index in [2.05, 4.69) is 52.0 Å². The third-order valence-corrected chi connectivity index (χ3v) is 2.58. The quantitative estimate of drug-likeness (QED) is 0.867. The average Bonchev–Trinajstić information content (AvgIpc) is 2.17. The number of nitrogens with one attached hydrogen (secondary N) is 1. The van der Waals surface area contributed by atoms with Crippen LogP contribution in [0.5, 0.6) is 0 Å². The summed E-state index contributed by atoms with van der Waals surface area (Å²) in [5, 5.41) is 4.41. The fraction of sp³-hybridized carbons (Fsp3) is 0.333. The standard InChI is InChI=1S/C12H14BrN3/c1-12(2,3)16-11-9-6-8(13)4-5-10(9)14-7-15-11/h4-7H,1-3H3,(H,14,15,16). The summed E-state index contributed by atoms with van der Waals surface area (Å²) in [7, 11) is 0. The highest BCUT2D eigenvalue weighted by Gasteiger charge is 2.12. The number of benzene rings is 1. The minimum atomic E-state index is -0.0103. The van der Waals surface area contributed by atoms with Gasteiger partial charge in [0.2, 0.25) is 0 Å². The Morgan fingerprint density at radius 3 is 2.62 bits per heavy atom. The van der Waals surface area contributed by atoms with Gasteiger partial charge >= 0.3 is 0 Å². The monoisotopic (exact) mass is 279 g/mol. The number of nitrogens with zero attached hydrogens (tertiary/aromatic N) is 2. The Hall–Kier alpha value is -1.16. The Morgan fingerprint density at radius 1 is 1.19 bits per heavy atom. The summed E-state index contributed by atoms with van der Waals surface area (Å²) >= 11 is 3.46. The molecule has 1 N–H and O–H groups in total. The average molecular weight is 280 g/mol. The van der Waals surface area contributed by atoms with Crippen LogP contribution in [0.1, 0.15) is 20.8 Å². The molecule has 0 amide bonds. The van der Waals surface area contributed by atoms with Gasteiger partial charge < -0.3 is 5.32 Å². The molecule has 1 heterocycles. The van der Waals surface area contributed by atoms with Crippen molar-refractivity contribution in [3.05, 3.63) is 29.0 Å². The predicted molar refractivity (Wildman–Crippen MR) is 70.6 cm³/mol. The van der Waals surface area contributed by atoms with Gasteiger partial charge in [-0.05, 0) is 39.0 Å². The van der Waals surface area contributed by atoms with E-state index in [1.54, 1.807) is 6.33 Å². The van der Waals surface area contributed by atoms with Gasteiger partial charge in [-0.3, -0.25) is 0 Å². The number of rotatable bonds is 1. The number of hydrogen-bond acceptors (Lipinski definition) is 3. The highest BCUT2D eigenvalue weighted by atomic mass is 79.9. The molecule has 4 heteroatoms. The van der Waals surface area contributed by atoms with Crippen LogP contribution in [-0.4, -0.2) is 15.5 Å². The Morgan fingerprint density at radius 2 is 1.94 bits per heavy atom. The molecule has 2 rings (SSSR count). The fourth-order valence-electron chi connectivity index (χ4n) is 1.48. The van der Waals surface area contributed by atoms with Crippen molar-refractivity contribution in [2.45, 2.75) is 26.3 Å². The summed E-state index contributed by atoms with van der Waals surface area (Å²) in [5.74, 6) is 0.874. The SMILES string of the molecule is CC(C)(C)Nc1ncnc2ccc(Br)cc12. The van der Waals surface area contributed by atoms with Gasteiger partial charge in [-0.25, -0.2) is 9.97 Å². The van der Waals surface area contributed by atoms with E-state index in [4.69, 9.17) is 0 Å². The van der Waals surface area contributed by atoms with E-state index in [0.29, 0.717) is 0 Å². The van der Waals surface area contributed by atoms with Gasteiger partial charge in [0.25, 0.3) is 0 Å². The normalized spacial score (nSPS) is 11.8. The lowest BCUT2D eigenvalue weighted by Gasteiger charge is -2.22. The second-order valence-corrected chi connectivity index (χ2v) is 5.67. The molecule has 0 spiro atoms.